The number of carbonyl (C=O) groups is 1. The molecule has 10 heteroatoms. The van der Waals surface area contributed by atoms with Gasteiger partial charge in [-0.1, -0.05) is 21.3 Å². The van der Waals surface area contributed by atoms with Crippen molar-refractivity contribution in [2.45, 2.75) is 116 Å². The van der Waals surface area contributed by atoms with E-state index in [9.17, 15) is 9.90 Å². The Kier molecular flexibility index (Phi) is 9.45. The molecule has 0 unspecified atom stereocenters. The van der Waals surface area contributed by atoms with Crippen molar-refractivity contribution in [1.29, 1.82) is 0 Å². The number of fused-ring (bicyclic) bond motifs is 2. The fourth-order valence-corrected chi connectivity index (χ4v) is 4.59. The number of rotatable bonds is 6. The molecule has 0 aliphatic carbocycles. The highest BCUT2D eigenvalue weighted by Gasteiger charge is 2.54. The van der Waals surface area contributed by atoms with Crippen molar-refractivity contribution in [1.82, 2.24) is 0 Å². The van der Waals surface area contributed by atoms with Crippen molar-refractivity contribution in [3.8, 4) is 0 Å². The summed E-state index contributed by atoms with van der Waals surface area (Å²) in [6, 6.07) is 0. The maximum Gasteiger partial charge on any atom is 0.187 e. The number of ketones is 1. The largest absolute Gasteiger partial charge is 0.394 e. The average Bonchev–Trinajstić information content (AvgIpc) is 3.35. The molecular formula is C23H42O10. The molecule has 4 aliphatic rings. The van der Waals surface area contributed by atoms with Crippen LogP contribution in [-0.2, 0) is 33.2 Å². The Bertz CT molecular complexity index is 653. The van der Waals surface area contributed by atoms with Crippen LogP contribution >= 0.6 is 0 Å². The molecule has 194 valence electrons. The van der Waals surface area contributed by atoms with Crippen LogP contribution in [-0.4, -0.2) is 89.0 Å². The third kappa shape index (κ3) is 6.71. The third-order valence-electron chi connectivity index (χ3n) is 6.32. The summed E-state index contributed by atoms with van der Waals surface area (Å²) in [5.41, 5.74) is 0. The van der Waals surface area contributed by atoms with Gasteiger partial charge >= 0.3 is 0 Å². The van der Waals surface area contributed by atoms with Crippen LogP contribution in [0.1, 0.15) is 61.8 Å². The second-order valence-electron chi connectivity index (χ2n) is 9.98. The molecule has 10 nitrogen and oxygen atoms in total. The highest BCUT2D eigenvalue weighted by Crippen LogP contribution is 2.42. The summed E-state index contributed by atoms with van der Waals surface area (Å²) in [4.78, 5) is 11.1. The number of ether oxygens (including phenoxy) is 6. The lowest BCUT2D eigenvalue weighted by molar-refractivity contribution is -0.212. The van der Waals surface area contributed by atoms with E-state index in [0.29, 0.717) is 6.42 Å². The quantitative estimate of drug-likeness (QED) is 0.513. The Morgan fingerprint density at radius 2 is 1.30 bits per heavy atom. The maximum atomic E-state index is 11.1. The topological polar surface area (TPSA) is 133 Å². The zero-order valence-corrected chi connectivity index (χ0v) is 19.7. The molecule has 0 aromatic rings. The van der Waals surface area contributed by atoms with Crippen LogP contribution in [0.3, 0.4) is 0 Å². The molecule has 0 radical (unpaired) electrons. The molecule has 0 saturated carbocycles. The van der Waals surface area contributed by atoms with Gasteiger partial charge in [-0.3, -0.25) is 4.79 Å². The zero-order chi connectivity index (χ0) is 23.8. The van der Waals surface area contributed by atoms with E-state index in [2.05, 4.69) is 0 Å². The molecule has 4 fully saturated rings. The standard InChI is InChI=1S/C11H20O5.C11H18O5.CH4/c2*1-6-8(4-7(13)5-12)14-10-9(6)15-11(2,3)16-10;/h6-10,12-13H,4-5H2,1-3H3;6,8-10,12H,4-5H2,1-3H3;1H4/t6-,7-,8+,9+,10+;6-,8+,9+,10+;/m00./s1. The van der Waals surface area contributed by atoms with Crippen LogP contribution in [0.25, 0.3) is 0 Å². The van der Waals surface area contributed by atoms with Gasteiger partial charge in [-0.15, -0.1) is 0 Å². The Labute approximate surface area is 196 Å². The Balaban J connectivity index is 0.000000227. The summed E-state index contributed by atoms with van der Waals surface area (Å²) in [5.74, 6) is -1.16. The van der Waals surface area contributed by atoms with E-state index in [0.717, 1.165) is 0 Å². The van der Waals surface area contributed by atoms with E-state index in [4.69, 9.17) is 38.6 Å². The van der Waals surface area contributed by atoms with Crippen molar-refractivity contribution >= 4 is 5.78 Å². The summed E-state index contributed by atoms with van der Waals surface area (Å²) in [7, 11) is 0. The van der Waals surface area contributed by atoms with Crippen LogP contribution in [0.2, 0.25) is 0 Å². The first-order valence-corrected chi connectivity index (χ1v) is 11.3. The van der Waals surface area contributed by atoms with Crippen LogP contribution in [0, 0.1) is 11.8 Å². The second-order valence-corrected chi connectivity index (χ2v) is 9.98. The van der Waals surface area contributed by atoms with Crippen LogP contribution in [0.4, 0.5) is 0 Å². The Morgan fingerprint density at radius 3 is 1.73 bits per heavy atom. The fourth-order valence-electron chi connectivity index (χ4n) is 4.59. The molecule has 0 aromatic heterocycles. The number of Topliss-reactive ketones (excluding diaryl/α,β-unsaturated/α-hetero) is 1. The maximum absolute atomic E-state index is 11.1. The number of hydrogen-bond donors (Lipinski definition) is 3. The van der Waals surface area contributed by atoms with Gasteiger partial charge in [-0.2, -0.15) is 0 Å². The van der Waals surface area contributed by atoms with E-state index in [1.54, 1.807) is 0 Å². The number of aliphatic hydroxyl groups excluding tert-OH is 3. The van der Waals surface area contributed by atoms with E-state index >= 15 is 0 Å². The summed E-state index contributed by atoms with van der Waals surface area (Å²) in [5, 5.41) is 26.9. The monoisotopic (exact) mass is 478 g/mol. The van der Waals surface area contributed by atoms with Gasteiger partial charge < -0.3 is 43.7 Å². The number of hydrogen-bond acceptors (Lipinski definition) is 10. The summed E-state index contributed by atoms with van der Waals surface area (Å²) >= 11 is 0. The van der Waals surface area contributed by atoms with E-state index in [1.165, 1.54) is 0 Å². The van der Waals surface area contributed by atoms with Gasteiger partial charge in [-0.05, 0) is 27.7 Å². The van der Waals surface area contributed by atoms with Crippen molar-refractivity contribution in [3.63, 3.8) is 0 Å². The van der Waals surface area contributed by atoms with Crippen LogP contribution in [0.5, 0.6) is 0 Å². The van der Waals surface area contributed by atoms with Crippen molar-refractivity contribution < 1.29 is 48.5 Å². The molecule has 4 aliphatic heterocycles. The molecule has 4 heterocycles. The summed E-state index contributed by atoms with van der Waals surface area (Å²) in [6.45, 7) is 10.7. The Hall–Kier alpha value is -0.690. The zero-order valence-electron chi connectivity index (χ0n) is 19.7. The van der Waals surface area contributed by atoms with Gasteiger partial charge in [0.15, 0.2) is 29.9 Å². The molecule has 9 atom stereocenters. The summed E-state index contributed by atoms with van der Waals surface area (Å²) in [6.07, 6.45) is -1.37. The fraction of sp³-hybridized carbons (Fsp3) is 0.957. The number of carbonyl (C=O) groups excluding carboxylic acids is 1. The van der Waals surface area contributed by atoms with Gasteiger partial charge in [0.2, 0.25) is 0 Å². The third-order valence-corrected chi connectivity index (χ3v) is 6.32. The minimum absolute atomic E-state index is 0. The molecule has 4 rings (SSSR count). The van der Waals surface area contributed by atoms with Gasteiger partial charge in [0.05, 0.1) is 24.9 Å². The first kappa shape index (κ1) is 28.5. The second kappa shape index (κ2) is 10.9. The highest BCUT2D eigenvalue weighted by molar-refractivity contribution is 5.79. The van der Waals surface area contributed by atoms with Crippen LogP contribution in [0.15, 0.2) is 0 Å². The van der Waals surface area contributed by atoms with Gasteiger partial charge in [0.1, 0.15) is 18.8 Å². The van der Waals surface area contributed by atoms with Crippen molar-refractivity contribution in [2.75, 3.05) is 13.2 Å². The lowest BCUT2D eigenvalue weighted by Crippen LogP contribution is -2.31. The molecule has 0 aromatic carbocycles. The molecule has 33 heavy (non-hydrogen) atoms. The number of aliphatic hydroxyl groups is 3. The van der Waals surface area contributed by atoms with Crippen molar-refractivity contribution in [3.05, 3.63) is 0 Å². The highest BCUT2D eigenvalue weighted by atomic mass is 16.8. The molecule has 3 N–H and O–H groups in total. The predicted molar refractivity (Wildman–Crippen MR) is 117 cm³/mol. The van der Waals surface area contributed by atoms with E-state index in [1.807, 2.05) is 41.5 Å². The van der Waals surface area contributed by atoms with Gasteiger partial charge in [-0.25, -0.2) is 0 Å². The minimum atomic E-state index is -0.737. The first-order valence-electron chi connectivity index (χ1n) is 11.3. The average molecular weight is 479 g/mol. The SMILES string of the molecule is C.C[C@@H]1[C@H]2OC(C)(C)O[C@H]2O[C@@H]1CC(=O)CO.C[C@@H]1[C@H]2OC(C)(C)O[C@H]2O[C@@H]1C[C@H](O)CO. The van der Waals surface area contributed by atoms with Crippen LogP contribution < -0.4 is 0 Å². The molecule has 0 spiro atoms. The predicted octanol–water partition coefficient (Wildman–Crippen LogP) is 1.33. The summed E-state index contributed by atoms with van der Waals surface area (Å²) < 4.78 is 33.9. The minimum Gasteiger partial charge on any atom is -0.394 e. The normalized spacial score (nSPS) is 40.9. The lowest BCUT2D eigenvalue weighted by atomic mass is 9.96. The van der Waals surface area contributed by atoms with Crippen molar-refractivity contribution in [2.24, 2.45) is 11.8 Å². The lowest BCUT2D eigenvalue weighted by Gasteiger charge is -2.24. The molecular weight excluding hydrogens is 436 g/mol. The first-order chi connectivity index (χ1) is 14.9. The van der Waals surface area contributed by atoms with Gasteiger partial charge in [0.25, 0.3) is 0 Å². The molecule has 0 amide bonds. The Morgan fingerprint density at radius 1 is 0.848 bits per heavy atom. The van der Waals surface area contributed by atoms with E-state index < -0.39 is 24.3 Å². The molecule has 0 bridgehead atoms. The van der Waals surface area contributed by atoms with Gasteiger partial charge in [0, 0.05) is 24.7 Å². The van der Waals surface area contributed by atoms with E-state index in [-0.39, 0.29) is 75.1 Å². The smallest absolute Gasteiger partial charge is 0.187 e. The molecule has 4 saturated heterocycles.